The maximum Gasteiger partial charge on any atom is 0.330 e. The molecule has 0 radical (unpaired) electrons. The molecule has 8 heteroatoms. The average molecular weight is 357 g/mol. The minimum absolute atomic E-state index is 0.202. The molecule has 2 heterocycles. The third-order valence-corrected chi connectivity index (χ3v) is 3.39. The summed E-state index contributed by atoms with van der Waals surface area (Å²) in [6.45, 7) is -0.313. The van der Waals surface area contributed by atoms with Crippen molar-refractivity contribution in [3.05, 3.63) is 30.6 Å². The molecule has 1 aromatic rings. The number of H-pyrrole nitrogens is 1. The lowest BCUT2D eigenvalue weighted by molar-refractivity contribution is -0.0459. The van der Waals surface area contributed by atoms with E-state index < -0.39 is 29.7 Å². The second-order valence-corrected chi connectivity index (χ2v) is 4.92. The summed E-state index contributed by atoms with van der Waals surface area (Å²) in [5.74, 6) is 0. The van der Waals surface area contributed by atoms with Crippen molar-refractivity contribution in [2.24, 2.45) is 0 Å². The van der Waals surface area contributed by atoms with Crippen LogP contribution in [0.1, 0.15) is 12.6 Å². The van der Waals surface area contributed by atoms with Gasteiger partial charge in [0.1, 0.15) is 12.3 Å². The first-order chi connectivity index (χ1) is 8.02. The van der Waals surface area contributed by atoms with Crippen LogP contribution in [-0.2, 0) is 4.74 Å². The van der Waals surface area contributed by atoms with Gasteiger partial charge in [-0.1, -0.05) is 0 Å². The summed E-state index contributed by atoms with van der Waals surface area (Å²) in [6.07, 6.45) is -0.607. The highest BCUT2D eigenvalue weighted by atomic mass is 127. The Bertz CT molecular complexity index is 525. The Kier molecular flexibility index (Phi) is 3.66. The van der Waals surface area contributed by atoms with Crippen molar-refractivity contribution in [3.8, 4) is 0 Å². The normalized spacial score (nSPS) is 28.5. The number of aromatic amines is 1. The molecule has 17 heavy (non-hydrogen) atoms. The van der Waals surface area contributed by atoms with Crippen LogP contribution in [0.4, 0.5) is 0 Å². The summed E-state index contributed by atoms with van der Waals surface area (Å²) < 4.78 is 6.89. The van der Waals surface area contributed by atoms with Gasteiger partial charge in [-0.25, -0.2) is 4.79 Å². The Labute approximate surface area is 109 Å². The second kappa shape index (κ2) is 4.88. The molecule has 1 fully saturated rings. The van der Waals surface area contributed by atoms with Crippen LogP contribution in [-0.4, -0.2) is 38.6 Å². The van der Waals surface area contributed by atoms with Gasteiger partial charge in [0.15, 0.2) is 0 Å². The highest BCUT2D eigenvalue weighted by Crippen LogP contribution is 2.27. The lowest BCUT2D eigenvalue weighted by Gasteiger charge is -2.14. The molecule has 1 saturated heterocycles. The van der Waals surface area contributed by atoms with Crippen LogP contribution in [0, 0.1) is 3.57 Å². The maximum absolute atomic E-state index is 11.6. The van der Waals surface area contributed by atoms with Crippen molar-refractivity contribution in [1.29, 1.82) is 0 Å². The molecule has 1 aliphatic rings. The van der Waals surface area contributed by atoms with Crippen LogP contribution in [0.15, 0.2) is 15.8 Å². The predicted octanol–water partition coefficient (Wildman–Crippen LogP) is -1.22. The van der Waals surface area contributed by atoms with E-state index in [1.807, 2.05) is 0 Å². The summed E-state index contributed by atoms with van der Waals surface area (Å²) in [6, 6.07) is 0. The molecule has 1 aromatic heterocycles. The van der Waals surface area contributed by atoms with Gasteiger partial charge in [-0.2, -0.15) is 0 Å². The number of ether oxygens (including phenoxy) is 1. The van der Waals surface area contributed by atoms with Crippen LogP contribution < -0.4 is 11.2 Å². The Morgan fingerprint density at radius 2 is 2.29 bits per heavy atom. The van der Waals surface area contributed by atoms with Crippen LogP contribution in [0.25, 0.3) is 0 Å². The van der Waals surface area contributed by atoms with E-state index in [2.05, 4.69) is 4.98 Å². The van der Waals surface area contributed by atoms with Crippen molar-refractivity contribution < 1.29 is 14.9 Å². The fourth-order valence-electron chi connectivity index (χ4n) is 1.72. The van der Waals surface area contributed by atoms with E-state index in [0.717, 1.165) is 0 Å². The molecule has 2 rings (SSSR count). The first-order valence-corrected chi connectivity index (χ1v) is 6.06. The van der Waals surface area contributed by atoms with E-state index in [-0.39, 0.29) is 13.0 Å². The molecule has 0 amide bonds. The number of hydrogen-bond acceptors (Lipinski definition) is 5. The maximum atomic E-state index is 11.6. The molecule has 3 N–H and O–H groups in total. The summed E-state index contributed by atoms with van der Waals surface area (Å²) in [7, 11) is 0. The first kappa shape index (κ1) is 12.7. The van der Waals surface area contributed by atoms with Crippen LogP contribution in [0.2, 0.25) is 0 Å². The third-order valence-electron chi connectivity index (χ3n) is 2.62. The zero-order valence-corrected chi connectivity index (χ0v) is 10.8. The Balaban J connectivity index is 2.34. The minimum atomic E-state index is -0.818. The zero-order chi connectivity index (χ0) is 12.6. The van der Waals surface area contributed by atoms with Crippen molar-refractivity contribution in [2.45, 2.75) is 24.9 Å². The Morgan fingerprint density at radius 3 is 2.88 bits per heavy atom. The summed E-state index contributed by atoms with van der Waals surface area (Å²) >= 11 is 1.80. The van der Waals surface area contributed by atoms with Gasteiger partial charge in [0, 0.05) is 12.6 Å². The monoisotopic (exact) mass is 357 g/mol. The molecule has 0 aromatic carbocycles. The molecule has 0 bridgehead atoms. The van der Waals surface area contributed by atoms with Crippen molar-refractivity contribution in [1.82, 2.24) is 9.55 Å². The molecule has 1 aliphatic heterocycles. The highest BCUT2D eigenvalue weighted by molar-refractivity contribution is 14.1. The van der Waals surface area contributed by atoms with Gasteiger partial charge in [-0.15, -0.1) is 0 Å². The fourth-order valence-corrected chi connectivity index (χ4v) is 2.16. The molecule has 0 aliphatic carbocycles. The molecule has 0 saturated carbocycles. The van der Waals surface area contributed by atoms with Gasteiger partial charge in [-0.3, -0.25) is 14.3 Å². The summed E-state index contributed by atoms with van der Waals surface area (Å²) in [4.78, 5) is 24.9. The molecule has 7 nitrogen and oxygen atoms in total. The fraction of sp³-hybridized carbons (Fsp3) is 0.556. The molecule has 3 atom stereocenters. The van der Waals surface area contributed by atoms with Gasteiger partial charge >= 0.3 is 5.69 Å². The number of nitrogens with zero attached hydrogens (tertiary/aromatic N) is 1. The zero-order valence-electron chi connectivity index (χ0n) is 8.67. The average Bonchev–Trinajstić information content (AvgIpc) is 2.65. The van der Waals surface area contributed by atoms with E-state index in [0.29, 0.717) is 3.57 Å². The Morgan fingerprint density at radius 1 is 1.59 bits per heavy atom. The van der Waals surface area contributed by atoms with E-state index in [4.69, 9.17) is 9.84 Å². The van der Waals surface area contributed by atoms with Gasteiger partial charge < -0.3 is 14.9 Å². The van der Waals surface area contributed by atoms with E-state index in [1.165, 1.54) is 10.8 Å². The van der Waals surface area contributed by atoms with E-state index in [1.54, 1.807) is 22.6 Å². The second-order valence-electron chi connectivity index (χ2n) is 3.76. The molecular weight excluding hydrogens is 346 g/mol. The minimum Gasteiger partial charge on any atom is -0.394 e. The summed E-state index contributed by atoms with van der Waals surface area (Å²) in [5, 5.41) is 18.5. The molecule has 0 unspecified atom stereocenters. The van der Waals surface area contributed by atoms with Crippen LogP contribution >= 0.6 is 22.6 Å². The van der Waals surface area contributed by atoms with Gasteiger partial charge in [0.25, 0.3) is 5.56 Å². The molecular formula is C9H11IN2O5. The van der Waals surface area contributed by atoms with Crippen molar-refractivity contribution >= 4 is 22.6 Å². The number of halogens is 1. The first-order valence-electron chi connectivity index (χ1n) is 4.98. The number of hydrogen-bond donors (Lipinski definition) is 3. The quantitative estimate of drug-likeness (QED) is 0.576. The van der Waals surface area contributed by atoms with Gasteiger partial charge in [0.2, 0.25) is 0 Å². The van der Waals surface area contributed by atoms with Crippen LogP contribution in [0.5, 0.6) is 0 Å². The number of aliphatic hydroxyl groups excluding tert-OH is 2. The lowest BCUT2D eigenvalue weighted by Crippen LogP contribution is -2.33. The number of aliphatic hydroxyl groups is 2. The predicted molar refractivity (Wildman–Crippen MR) is 65.7 cm³/mol. The standard InChI is InChI=1S/C9H11IN2O5/c10-4-2-12(9(16)11-8(4)15)7-1-5(14)6(3-13)17-7/h2,5-7,13-14H,1,3H2,(H,11,15,16)/t5-,6+,7+/m1/s1/i9+1,11+1,12+1. The van der Waals surface area contributed by atoms with Gasteiger partial charge in [-0.05, 0) is 22.6 Å². The van der Waals surface area contributed by atoms with Gasteiger partial charge in [0.05, 0.1) is 16.3 Å². The smallest absolute Gasteiger partial charge is 0.330 e. The largest absolute Gasteiger partial charge is 0.394 e. The van der Waals surface area contributed by atoms with Crippen molar-refractivity contribution in [3.63, 3.8) is 0 Å². The number of nitrogens with one attached hydrogen (secondary N) is 1. The number of aromatic nitrogens is 2. The summed E-state index contributed by atoms with van der Waals surface area (Å²) in [5.41, 5.74) is -1.05. The Hall–Kier alpha value is -0.710. The third kappa shape index (κ3) is 2.44. The molecule has 94 valence electrons. The SMILES string of the molecule is O=c1[15nH][13c](=O)[15n]([C@@H]2C[C@@H](O)[C@H](CO)O2)cc1I. The lowest BCUT2D eigenvalue weighted by atomic mass is 10.2. The highest BCUT2D eigenvalue weighted by Gasteiger charge is 2.34. The number of rotatable bonds is 2. The van der Waals surface area contributed by atoms with Crippen molar-refractivity contribution in [2.75, 3.05) is 6.61 Å². The van der Waals surface area contributed by atoms with E-state index in [9.17, 15) is 14.7 Å². The van der Waals surface area contributed by atoms with E-state index >= 15 is 0 Å². The topological polar surface area (TPSA) is 105 Å². The molecule has 0 spiro atoms. The van der Waals surface area contributed by atoms with Crippen LogP contribution in [0.3, 0.4) is 0 Å².